The number of carbonyl (C=O) groups excluding carboxylic acids is 1. The van der Waals surface area contributed by atoms with E-state index in [1.165, 1.54) is 12.7 Å². The van der Waals surface area contributed by atoms with Crippen molar-refractivity contribution >= 4 is 5.97 Å². The summed E-state index contributed by atoms with van der Waals surface area (Å²) in [5, 5.41) is 0. The Hall–Kier alpha value is -1.55. The van der Waals surface area contributed by atoms with E-state index in [1.807, 2.05) is 31.2 Å². The molecule has 0 N–H and O–H groups in total. The van der Waals surface area contributed by atoms with E-state index in [0.717, 1.165) is 18.6 Å². The predicted molar refractivity (Wildman–Crippen MR) is 71.2 cm³/mol. The SMILES string of the molecule is COC(=O)C1(C)OC1(C)CCc1ccc(OC)cc1. The minimum atomic E-state index is -0.797. The van der Waals surface area contributed by atoms with E-state index in [9.17, 15) is 4.79 Å². The second-order valence-electron chi connectivity index (χ2n) is 5.21. The fourth-order valence-electron chi connectivity index (χ4n) is 2.34. The zero-order valence-electron chi connectivity index (χ0n) is 11.9. The lowest BCUT2D eigenvalue weighted by molar-refractivity contribution is -0.146. The number of benzene rings is 1. The molecule has 0 bridgehead atoms. The number of esters is 1. The summed E-state index contributed by atoms with van der Waals surface area (Å²) < 4.78 is 15.5. The van der Waals surface area contributed by atoms with Gasteiger partial charge in [0.25, 0.3) is 0 Å². The van der Waals surface area contributed by atoms with Gasteiger partial charge in [0, 0.05) is 0 Å². The Labute approximate surface area is 113 Å². The molecule has 4 heteroatoms. The van der Waals surface area contributed by atoms with Gasteiger partial charge in [-0.05, 0) is 44.4 Å². The third-order valence-electron chi connectivity index (χ3n) is 4.02. The fraction of sp³-hybridized carbons (Fsp3) is 0.533. The Bertz CT molecular complexity index is 468. The zero-order valence-corrected chi connectivity index (χ0v) is 11.9. The third-order valence-corrected chi connectivity index (χ3v) is 4.02. The van der Waals surface area contributed by atoms with Gasteiger partial charge in [-0.15, -0.1) is 0 Å². The van der Waals surface area contributed by atoms with Crippen LogP contribution in [0.3, 0.4) is 0 Å². The number of aryl methyl sites for hydroxylation is 1. The molecule has 104 valence electrons. The maximum Gasteiger partial charge on any atom is 0.340 e. The van der Waals surface area contributed by atoms with Gasteiger partial charge >= 0.3 is 5.97 Å². The van der Waals surface area contributed by atoms with Crippen molar-refractivity contribution in [3.63, 3.8) is 0 Å². The van der Waals surface area contributed by atoms with Crippen LogP contribution in [0.4, 0.5) is 0 Å². The lowest BCUT2D eigenvalue weighted by Crippen LogP contribution is -2.30. The molecule has 2 rings (SSSR count). The van der Waals surface area contributed by atoms with E-state index < -0.39 is 11.2 Å². The minimum Gasteiger partial charge on any atom is -0.497 e. The largest absolute Gasteiger partial charge is 0.497 e. The third kappa shape index (κ3) is 2.45. The molecule has 0 spiro atoms. The highest BCUT2D eigenvalue weighted by atomic mass is 16.7. The first-order chi connectivity index (χ1) is 8.95. The van der Waals surface area contributed by atoms with Gasteiger partial charge in [-0.1, -0.05) is 12.1 Å². The van der Waals surface area contributed by atoms with E-state index >= 15 is 0 Å². The van der Waals surface area contributed by atoms with Gasteiger partial charge in [0.05, 0.1) is 14.2 Å². The molecular formula is C15H20O4. The van der Waals surface area contributed by atoms with Crippen LogP contribution in [0.1, 0.15) is 25.8 Å². The van der Waals surface area contributed by atoms with Crippen molar-refractivity contribution in [1.29, 1.82) is 0 Å². The van der Waals surface area contributed by atoms with Crippen molar-refractivity contribution in [3.8, 4) is 5.75 Å². The van der Waals surface area contributed by atoms with Crippen LogP contribution < -0.4 is 4.74 Å². The topological polar surface area (TPSA) is 48.1 Å². The highest BCUT2D eigenvalue weighted by Gasteiger charge is 2.69. The van der Waals surface area contributed by atoms with Crippen LogP contribution in [-0.2, 0) is 20.7 Å². The Morgan fingerprint density at radius 2 is 1.84 bits per heavy atom. The van der Waals surface area contributed by atoms with E-state index in [4.69, 9.17) is 14.2 Å². The van der Waals surface area contributed by atoms with Crippen LogP contribution in [0.2, 0.25) is 0 Å². The molecule has 0 amide bonds. The highest BCUT2D eigenvalue weighted by molar-refractivity contribution is 5.84. The molecule has 1 aliphatic heterocycles. The molecule has 1 aliphatic rings. The number of hydrogen-bond donors (Lipinski definition) is 0. The first-order valence-corrected chi connectivity index (χ1v) is 6.37. The Morgan fingerprint density at radius 1 is 1.21 bits per heavy atom. The lowest BCUT2D eigenvalue weighted by Gasteiger charge is -2.11. The van der Waals surface area contributed by atoms with Crippen LogP contribution in [0.5, 0.6) is 5.75 Å². The summed E-state index contributed by atoms with van der Waals surface area (Å²) in [6, 6.07) is 7.93. The van der Waals surface area contributed by atoms with Crippen LogP contribution in [0.15, 0.2) is 24.3 Å². The molecule has 1 saturated heterocycles. The molecular weight excluding hydrogens is 244 g/mol. The highest BCUT2D eigenvalue weighted by Crippen LogP contribution is 2.51. The number of ether oxygens (including phenoxy) is 3. The molecule has 1 aromatic carbocycles. The smallest absolute Gasteiger partial charge is 0.340 e. The molecule has 1 heterocycles. The van der Waals surface area contributed by atoms with Gasteiger partial charge in [0.15, 0.2) is 5.60 Å². The molecule has 1 fully saturated rings. The Balaban J connectivity index is 1.94. The molecule has 2 atom stereocenters. The van der Waals surface area contributed by atoms with Crippen molar-refractivity contribution in [2.24, 2.45) is 0 Å². The van der Waals surface area contributed by atoms with Gasteiger partial charge < -0.3 is 14.2 Å². The van der Waals surface area contributed by atoms with Gasteiger partial charge in [-0.2, -0.15) is 0 Å². The number of epoxide rings is 1. The average molecular weight is 264 g/mol. The first-order valence-electron chi connectivity index (χ1n) is 6.37. The van der Waals surface area contributed by atoms with Crippen molar-refractivity contribution in [2.75, 3.05) is 14.2 Å². The van der Waals surface area contributed by atoms with Crippen molar-refractivity contribution in [3.05, 3.63) is 29.8 Å². The molecule has 0 saturated carbocycles. The molecule has 1 aromatic rings. The van der Waals surface area contributed by atoms with E-state index in [0.29, 0.717) is 0 Å². The van der Waals surface area contributed by atoms with E-state index in [-0.39, 0.29) is 5.97 Å². The quantitative estimate of drug-likeness (QED) is 0.605. The van der Waals surface area contributed by atoms with Crippen molar-refractivity contribution in [1.82, 2.24) is 0 Å². The second kappa shape index (κ2) is 4.85. The predicted octanol–water partition coefficient (Wildman–Crippen LogP) is 2.35. The van der Waals surface area contributed by atoms with Crippen molar-refractivity contribution in [2.45, 2.75) is 37.9 Å². The molecule has 0 aromatic heterocycles. The summed E-state index contributed by atoms with van der Waals surface area (Å²) >= 11 is 0. The lowest BCUT2D eigenvalue weighted by atomic mass is 9.90. The summed E-state index contributed by atoms with van der Waals surface area (Å²) in [4.78, 5) is 11.6. The number of rotatable bonds is 5. The second-order valence-corrected chi connectivity index (χ2v) is 5.21. The summed E-state index contributed by atoms with van der Waals surface area (Å²) in [7, 11) is 3.04. The molecule has 0 aliphatic carbocycles. The molecule has 0 radical (unpaired) electrons. The van der Waals surface area contributed by atoms with Gasteiger partial charge in [-0.3, -0.25) is 0 Å². The summed E-state index contributed by atoms with van der Waals surface area (Å²) in [6.07, 6.45) is 1.64. The monoisotopic (exact) mass is 264 g/mol. The maximum atomic E-state index is 11.6. The fourth-order valence-corrected chi connectivity index (χ4v) is 2.34. The van der Waals surface area contributed by atoms with E-state index in [1.54, 1.807) is 14.0 Å². The van der Waals surface area contributed by atoms with Gasteiger partial charge in [-0.25, -0.2) is 4.79 Å². The Morgan fingerprint density at radius 3 is 2.37 bits per heavy atom. The first kappa shape index (κ1) is 13.9. The molecule has 4 nitrogen and oxygen atoms in total. The summed E-state index contributed by atoms with van der Waals surface area (Å²) in [5.41, 5.74) is -0.0291. The van der Waals surface area contributed by atoms with Gasteiger partial charge in [0.1, 0.15) is 11.4 Å². The summed E-state index contributed by atoms with van der Waals surface area (Å²) in [5.74, 6) is 0.543. The zero-order chi connectivity index (χ0) is 14.1. The van der Waals surface area contributed by atoms with Crippen LogP contribution >= 0.6 is 0 Å². The maximum absolute atomic E-state index is 11.6. The number of carbonyl (C=O) groups is 1. The van der Waals surface area contributed by atoms with Crippen LogP contribution in [0.25, 0.3) is 0 Å². The normalized spacial score (nSPS) is 28.8. The average Bonchev–Trinajstić information content (AvgIpc) is 3.00. The standard InChI is InChI=1S/C15H20O4/c1-14(15(2,19-14)13(16)18-4)10-9-11-5-7-12(17-3)8-6-11/h5-8H,9-10H2,1-4H3. The van der Waals surface area contributed by atoms with Crippen LogP contribution in [0, 0.1) is 0 Å². The molecule has 19 heavy (non-hydrogen) atoms. The molecule has 2 unspecified atom stereocenters. The van der Waals surface area contributed by atoms with Crippen molar-refractivity contribution < 1.29 is 19.0 Å². The minimum absolute atomic E-state index is 0.301. The Kier molecular flexibility index (Phi) is 3.54. The van der Waals surface area contributed by atoms with E-state index in [2.05, 4.69) is 0 Å². The van der Waals surface area contributed by atoms with Crippen LogP contribution in [-0.4, -0.2) is 31.4 Å². The summed E-state index contributed by atoms with van der Waals surface area (Å²) in [6.45, 7) is 3.74. The van der Waals surface area contributed by atoms with Gasteiger partial charge in [0.2, 0.25) is 0 Å². The number of methoxy groups -OCH3 is 2. The number of hydrogen-bond acceptors (Lipinski definition) is 4.